The lowest BCUT2D eigenvalue weighted by Crippen LogP contribution is -2.11. The van der Waals surface area contributed by atoms with Crippen LogP contribution in [0.25, 0.3) is 0 Å². The van der Waals surface area contributed by atoms with E-state index < -0.39 is 4.92 Å². The van der Waals surface area contributed by atoms with Crippen molar-refractivity contribution in [2.75, 3.05) is 13.2 Å². The Balaban J connectivity index is 2.27. The predicted octanol–water partition coefficient (Wildman–Crippen LogP) is 2.32. The summed E-state index contributed by atoms with van der Waals surface area (Å²) in [5.41, 5.74) is 0.0109. The first-order valence-electron chi connectivity index (χ1n) is 5.66. The van der Waals surface area contributed by atoms with Crippen molar-refractivity contribution in [3.05, 3.63) is 34.4 Å². The Morgan fingerprint density at radius 1 is 1.28 bits per heavy atom. The molecule has 1 rings (SSSR count). The van der Waals surface area contributed by atoms with Crippen molar-refractivity contribution in [1.29, 1.82) is 0 Å². The number of carbonyl (C=O) groups excluding carboxylic acids is 1. The van der Waals surface area contributed by atoms with Gasteiger partial charge < -0.3 is 9.47 Å². The molecule has 0 aliphatic carbocycles. The van der Waals surface area contributed by atoms with Crippen LogP contribution in [0.15, 0.2) is 24.3 Å². The molecule has 0 saturated carbocycles. The molecule has 0 spiro atoms. The summed E-state index contributed by atoms with van der Waals surface area (Å²) in [6, 6.07) is 5.73. The molecule has 1 aromatic rings. The van der Waals surface area contributed by atoms with Crippen molar-refractivity contribution in [2.45, 2.75) is 19.8 Å². The zero-order valence-electron chi connectivity index (χ0n) is 10.1. The maximum absolute atomic E-state index is 11.0. The summed E-state index contributed by atoms with van der Waals surface area (Å²) in [5, 5.41) is 10.4. The van der Waals surface area contributed by atoms with E-state index in [1.165, 1.54) is 24.3 Å². The second-order valence-corrected chi connectivity index (χ2v) is 3.57. The Kier molecular flexibility index (Phi) is 5.63. The first-order chi connectivity index (χ1) is 8.63. The minimum absolute atomic E-state index is 0.0109. The minimum Gasteiger partial charge on any atom is -0.490 e. The van der Waals surface area contributed by atoms with Crippen LogP contribution in [0.2, 0.25) is 0 Å². The molecule has 0 unspecified atom stereocenters. The standard InChI is InChI=1S/C12H15NO5/c1-2-3-12(14)18-9-8-17-11-6-4-10(5-7-11)13(15)16/h4-7H,2-3,8-9H2,1H3. The molecule has 0 aromatic heterocycles. The van der Waals surface area contributed by atoms with E-state index in [0.29, 0.717) is 12.2 Å². The number of non-ortho nitro benzene ring substituents is 1. The molecule has 18 heavy (non-hydrogen) atoms. The van der Waals surface area contributed by atoms with Crippen molar-refractivity contribution in [3.8, 4) is 5.75 Å². The summed E-state index contributed by atoms with van der Waals surface area (Å²) in [5.74, 6) is 0.261. The maximum Gasteiger partial charge on any atom is 0.305 e. The molecule has 0 fully saturated rings. The first-order valence-corrected chi connectivity index (χ1v) is 5.66. The van der Waals surface area contributed by atoms with Crippen LogP contribution in [0, 0.1) is 10.1 Å². The third-order valence-electron chi connectivity index (χ3n) is 2.12. The highest BCUT2D eigenvalue weighted by Gasteiger charge is 2.04. The molecule has 0 bridgehead atoms. The van der Waals surface area contributed by atoms with Gasteiger partial charge in [-0.1, -0.05) is 6.92 Å². The van der Waals surface area contributed by atoms with Crippen molar-refractivity contribution in [3.63, 3.8) is 0 Å². The number of nitro groups is 1. The lowest BCUT2D eigenvalue weighted by Gasteiger charge is -2.06. The molecule has 0 N–H and O–H groups in total. The lowest BCUT2D eigenvalue weighted by atomic mass is 10.3. The number of carbonyl (C=O) groups is 1. The summed E-state index contributed by atoms with van der Waals surface area (Å²) in [4.78, 5) is 21.0. The van der Waals surface area contributed by atoms with Crippen molar-refractivity contribution >= 4 is 11.7 Å². The third-order valence-corrected chi connectivity index (χ3v) is 2.12. The quantitative estimate of drug-likeness (QED) is 0.322. The Bertz CT molecular complexity index is 401. The Hall–Kier alpha value is -2.11. The molecule has 1 aromatic carbocycles. The fraction of sp³-hybridized carbons (Fsp3) is 0.417. The number of rotatable bonds is 7. The van der Waals surface area contributed by atoms with Gasteiger partial charge in [-0.3, -0.25) is 14.9 Å². The molecule has 0 heterocycles. The van der Waals surface area contributed by atoms with E-state index in [1.54, 1.807) is 0 Å². The van der Waals surface area contributed by atoms with Gasteiger partial charge in [0.2, 0.25) is 0 Å². The summed E-state index contributed by atoms with van der Waals surface area (Å²) < 4.78 is 10.2. The van der Waals surface area contributed by atoms with Crippen LogP contribution in [0.3, 0.4) is 0 Å². The van der Waals surface area contributed by atoms with Gasteiger partial charge in [0.05, 0.1) is 4.92 Å². The van der Waals surface area contributed by atoms with Gasteiger partial charge in [-0.05, 0) is 18.6 Å². The molecule has 0 radical (unpaired) electrons. The number of benzene rings is 1. The fourth-order valence-corrected chi connectivity index (χ4v) is 1.26. The second kappa shape index (κ2) is 7.26. The number of hydrogen-bond donors (Lipinski definition) is 0. The van der Waals surface area contributed by atoms with Crippen LogP contribution in [-0.4, -0.2) is 24.1 Å². The molecule has 98 valence electrons. The minimum atomic E-state index is -0.476. The smallest absolute Gasteiger partial charge is 0.305 e. The largest absolute Gasteiger partial charge is 0.490 e. The van der Waals surface area contributed by atoms with Gasteiger partial charge in [0.1, 0.15) is 19.0 Å². The van der Waals surface area contributed by atoms with Gasteiger partial charge in [0, 0.05) is 18.6 Å². The van der Waals surface area contributed by atoms with E-state index >= 15 is 0 Å². The summed E-state index contributed by atoms with van der Waals surface area (Å²) in [7, 11) is 0. The Morgan fingerprint density at radius 2 is 1.94 bits per heavy atom. The third kappa shape index (κ3) is 4.82. The average Bonchev–Trinajstić information content (AvgIpc) is 2.35. The highest BCUT2D eigenvalue weighted by atomic mass is 16.6. The summed E-state index contributed by atoms with van der Waals surface area (Å²) >= 11 is 0. The molecule has 6 heteroatoms. The van der Waals surface area contributed by atoms with Gasteiger partial charge in [-0.15, -0.1) is 0 Å². The van der Waals surface area contributed by atoms with E-state index in [0.717, 1.165) is 6.42 Å². The van der Waals surface area contributed by atoms with Gasteiger partial charge in [-0.2, -0.15) is 0 Å². The van der Waals surface area contributed by atoms with Crippen molar-refractivity contribution in [1.82, 2.24) is 0 Å². The van der Waals surface area contributed by atoms with Crippen molar-refractivity contribution < 1.29 is 19.2 Å². The van der Waals surface area contributed by atoms with E-state index in [2.05, 4.69) is 0 Å². The van der Waals surface area contributed by atoms with E-state index in [1.807, 2.05) is 6.92 Å². The molecule has 0 aliphatic rings. The van der Waals surface area contributed by atoms with Crippen LogP contribution >= 0.6 is 0 Å². The number of hydrogen-bond acceptors (Lipinski definition) is 5. The van der Waals surface area contributed by atoms with Gasteiger partial charge in [0.25, 0.3) is 5.69 Å². The molecule has 6 nitrogen and oxygen atoms in total. The average molecular weight is 253 g/mol. The van der Waals surface area contributed by atoms with Crippen LogP contribution in [0.5, 0.6) is 5.75 Å². The molecular formula is C12H15NO5. The highest BCUT2D eigenvalue weighted by Crippen LogP contribution is 2.16. The van der Waals surface area contributed by atoms with E-state index in [4.69, 9.17) is 9.47 Å². The zero-order chi connectivity index (χ0) is 13.4. The topological polar surface area (TPSA) is 78.7 Å². The molecule has 0 atom stereocenters. The number of nitrogens with zero attached hydrogens (tertiary/aromatic N) is 1. The van der Waals surface area contributed by atoms with E-state index in [-0.39, 0.29) is 24.9 Å². The highest BCUT2D eigenvalue weighted by molar-refractivity contribution is 5.69. The number of nitro benzene ring substituents is 1. The molecule has 0 aliphatic heterocycles. The SMILES string of the molecule is CCCC(=O)OCCOc1ccc([N+](=O)[O-])cc1. The Morgan fingerprint density at radius 3 is 2.50 bits per heavy atom. The number of esters is 1. The first kappa shape index (κ1) is 14.0. The lowest BCUT2D eigenvalue weighted by molar-refractivity contribution is -0.384. The Labute approximate surface area is 105 Å². The maximum atomic E-state index is 11.0. The van der Waals surface area contributed by atoms with E-state index in [9.17, 15) is 14.9 Å². The number of ether oxygens (including phenoxy) is 2. The molecule has 0 saturated heterocycles. The van der Waals surface area contributed by atoms with Crippen LogP contribution < -0.4 is 4.74 Å². The molecule has 0 amide bonds. The van der Waals surface area contributed by atoms with Crippen molar-refractivity contribution in [2.24, 2.45) is 0 Å². The van der Waals surface area contributed by atoms with Gasteiger partial charge in [-0.25, -0.2) is 0 Å². The van der Waals surface area contributed by atoms with Gasteiger partial charge >= 0.3 is 5.97 Å². The second-order valence-electron chi connectivity index (χ2n) is 3.57. The zero-order valence-corrected chi connectivity index (χ0v) is 10.1. The van der Waals surface area contributed by atoms with Gasteiger partial charge in [0.15, 0.2) is 0 Å². The van der Waals surface area contributed by atoms with Crippen LogP contribution in [0.4, 0.5) is 5.69 Å². The van der Waals surface area contributed by atoms with Crippen LogP contribution in [0.1, 0.15) is 19.8 Å². The predicted molar refractivity (Wildman–Crippen MR) is 64.5 cm³/mol. The summed E-state index contributed by atoms with van der Waals surface area (Å²) in [6.07, 6.45) is 1.15. The normalized spacial score (nSPS) is 9.83. The molecular weight excluding hydrogens is 238 g/mol. The summed E-state index contributed by atoms with van der Waals surface area (Å²) in [6.45, 7) is 2.30. The fourth-order valence-electron chi connectivity index (χ4n) is 1.26. The monoisotopic (exact) mass is 253 g/mol. The van der Waals surface area contributed by atoms with Crippen LogP contribution in [-0.2, 0) is 9.53 Å².